The Kier molecular flexibility index (Phi) is 4.69. The van der Waals surface area contributed by atoms with Crippen LogP contribution >= 0.6 is 12.4 Å². The predicted molar refractivity (Wildman–Crippen MR) is 96.2 cm³/mol. The topological polar surface area (TPSA) is 41.1 Å². The van der Waals surface area contributed by atoms with Crippen molar-refractivity contribution in [1.82, 2.24) is 5.32 Å². The molecule has 2 aliphatic carbocycles. The molecule has 2 N–H and O–H groups in total. The van der Waals surface area contributed by atoms with E-state index in [4.69, 9.17) is 0 Å². The van der Waals surface area contributed by atoms with Crippen LogP contribution in [0.15, 0.2) is 42.5 Å². The number of anilines is 1. The van der Waals surface area contributed by atoms with Crippen LogP contribution in [0.2, 0.25) is 0 Å². The van der Waals surface area contributed by atoms with Crippen LogP contribution < -0.4 is 10.6 Å². The number of carbonyl (C=O) groups excluding carboxylic acids is 1. The third kappa shape index (κ3) is 3.57. The number of carbonyl (C=O) groups is 1. The molecule has 2 aromatic carbocycles. The smallest absolute Gasteiger partial charge is 0.238 e. The standard InChI is InChI=1S/C19H20N2O.ClH/c22-19(12-20-11-13-5-6-13)21-16-7-8-18-15(10-16)9-14-3-1-2-4-17(14)18;/h1-4,7-8,10,13,20H,5-6,9,11-12H2,(H,21,22);1H. The van der Waals surface area contributed by atoms with Crippen molar-refractivity contribution in [3.63, 3.8) is 0 Å². The lowest BCUT2D eigenvalue weighted by molar-refractivity contribution is -0.115. The molecule has 0 bridgehead atoms. The Morgan fingerprint density at radius 2 is 1.83 bits per heavy atom. The lowest BCUT2D eigenvalue weighted by atomic mass is 10.1. The van der Waals surface area contributed by atoms with Crippen LogP contribution in [0, 0.1) is 5.92 Å². The zero-order chi connectivity index (χ0) is 14.9. The molecule has 0 aliphatic heterocycles. The van der Waals surface area contributed by atoms with Crippen molar-refractivity contribution in [2.24, 2.45) is 5.92 Å². The second kappa shape index (κ2) is 6.73. The third-order valence-corrected chi connectivity index (χ3v) is 4.49. The maximum absolute atomic E-state index is 12.0. The molecule has 0 unspecified atom stereocenters. The van der Waals surface area contributed by atoms with Crippen LogP contribution in [0.1, 0.15) is 24.0 Å². The minimum atomic E-state index is 0. The highest BCUT2D eigenvalue weighted by Gasteiger charge is 2.21. The fourth-order valence-electron chi connectivity index (χ4n) is 3.14. The van der Waals surface area contributed by atoms with Crippen LogP contribution in [-0.2, 0) is 11.2 Å². The molecular weight excluding hydrogens is 308 g/mol. The Morgan fingerprint density at radius 3 is 2.65 bits per heavy atom. The van der Waals surface area contributed by atoms with Crippen molar-refractivity contribution in [2.75, 3.05) is 18.4 Å². The maximum Gasteiger partial charge on any atom is 0.238 e. The third-order valence-electron chi connectivity index (χ3n) is 4.49. The predicted octanol–water partition coefficient (Wildman–Crippen LogP) is 3.62. The van der Waals surface area contributed by atoms with E-state index in [2.05, 4.69) is 47.0 Å². The van der Waals surface area contributed by atoms with Crippen molar-refractivity contribution in [3.8, 4) is 11.1 Å². The number of benzene rings is 2. The second-order valence-electron chi connectivity index (χ2n) is 6.33. The summed E-state index contributed by atoms with van der Waals surface area (Å²) in [4.78, 5) is 12.0. The first-order valence-corrected chi connectivity index (χ1v) is 8.01. The molecule has 0 spiro atoms. The molecule has 4 heteroatoms. The van der Waals surface area contributed by atoms with E-state index >= 15 is 0 Å². The first kappa shape index (κ1) is 16.0. The van der Waals surface area contributed by atoms with Gasteiger partial charge in [-0.15, -0.1) is 12.4 Å². The Morgan fingerprint density at radius 1 is 1.04 bits per heavy atom. The molecule has 2 aliphatic rings. The second-order valence-corrected chi connectivity index (χ2v) is 6.33. The SMILES string of the molecule is Cl.O=C(CNCC1CC1)Nc1ccc2c(c1)Cc1ccccc1-2. The number of nitrogens with one attached hydrogen (secondary N) is 2. The monoisotopic (exact) mass is 328 g/mol. The van der Waals surface area contributed by atoms with Gasteiger partial charge in [-0.3, -0.25) is 4.79 Å². The summed E-state index contributed by atoms with van der Waals surface area (Å²) in [5.74, 6) is 0.836. The molecule has 0 saturated heterocycles. The Hall–Kier alpha value is -1.84. The highest BCUT2D eigenvalue weighted by molar-refractivity contribution is 5.93. The fourth-order valence-corrected chi connectivity index (χ4v) is 3.14. The van der Waals surface area contributed by atoms with Crippen LogP contribution in [0.5, 0.6) is 0 Å². The van der Waals surface area contributed by atoms with Gasteiger partial charge >= 0.3 is 0 Å². The van der Waals surface area contributed by atoms with Crippen LogP contribution in [0.25, 0.3) is 11.1 Å². The summed E-state index contributed by atoms with van der Waals surface area (Å²) in [6.45, 7) is 1.36. The molecule has 2 aromatic rings. The molecule has 120 valence electrons. The summed E-state index contributed by atoms with van der Waals surface area (Å²) >= 11 is 0. The molecule has 4 rings (SSSR count). The van der Waals surface area contributed by atoms with Gasteiger partial charge in [0.15, 0.2) is 0 Å². The molecule has 1 amide bonds. The molecule has 23 heavy (non-hydrogen) atoms. The summed E-state index contributed by atoms with van der Waals surface area (Å²) in [6.07, 6.45) is 3.56. The largest absolute Gasteiger partial charge is 0.325 e. The minimum absolute atomic E-state index is 0. The van der Waals surface area contributed by atoms with Crippen molar-refractivity contribution in [2.45, 2.75) is 19.3 Å². The zero-order valence-electron chi connectivity index (χ0n) is 13.0. The van der Waals surface area contributed by atoms with Gasteiger partial charge in [0.05, 0.1) is 6.54 Å². The molecule has 0 atom stereocenters. The first-order chi connectivity index (χ1) is 10.8. The highest BCUT2D eigenvalue weighted by atomic mass is 35.5. The van der Waals surface area contributed by atoms with E-state index in [1.54, 1.807) is 0 Å². The van der Waals surface area contributed by atoms with Gasteiger partial charge in [0.1, 0.15) is 0 Å². The molecule has 1 saturated carbocycles. The highest BCUT2D eigenvalue weighted by Crippen LogP contribution is 2.37. The van der Waals surface area contributed by atoms with E-state index in [9.17, 15) is 4.79 Å². The fraction of sp³-hybridized carbons (Fsp3) is 0.316. The van der Waals surface area contributed by atoms with Gasteiger partial charge in [0.2, 0.25) is 5.91 Å². The number of amides is 1. The lowest BCUT2D eigenvalue weighted by Gasteiger charge is -2.08. The Labute approximate surface area is 142 Å². The summed E-state index contributed by atoms with van der Waals surface area (Å²) in [6, 6.07) is 14.7. The maximum atomic E-state index is 12.0. The van der Waals surface area contributed by atoms with Crippen molar-refractivity contribution >= 4 is 24.0 Å². The summed E-state index contributed by atoms with van der Waals surface area (Å²) in [5, 5.41) is 6.21. The quantitative estimate of drug-likeness (QED) is 0.751. The van der Waals surface area contributed by atoms with E-state index in [1.807, 2.05) is 6.07 Å². The van der Waals surface area contributed by atoms with Gasteiger partial charge in [-0.1, -0.05) is 30.3 Å². The van der Waals surface area contributed by atoms with E-state index < -0.39 is 0 Å². The van der Waals surface area contributed by atoms with Gasteiger partial charge in [-0.2, -0.15) is 0 Å². The van der Waals surface area contributed by atoms with Crippen molar-refractivity contribution in [3.05, 3.63) is 53.6 Å². The summed E-state index contributed by atoms with van der Waals surface area (Å²) < 4.78 is 0. The van der Waals surface area contributed by atoms with Crippen LogP contribution in [-0.4, -0.2) is 19.0 Å². The summed E-state index contributed by atoms with van der Waals surface area (Å²) in [5.41, 5.74) is 6.17. The molecule has 1 fully saturated rings. The van der Waals surface area contributed by atoms with E-state index in [0.29, 0.717) is 6.54 Å². The number of halogens is 1. The molecule has 0 radical (unpaired) electrons. The zero-order valence-corrected chi connectivity index (χ0v) is 13.8. The average molecular weight is 329 g/mol. The van der Waals surface area contributed by atoms with Crippen molar-refractivity contribution in [1.29, 1.82) is 0 Å². The van der Waals surface area contributed by atoms with Crippen molar-refractivity contribution < 1.29 is 4.79 Å². The first-order valence-electron chi connectivity index (χ1n) is 8.01. The number of hydrogen-bond acceptors (Lipinski definition) is 2. The normalized spacial score (nSPS) is 14.6. The molecule has 0 heterocycles. The van der Waals surface area contributed by atoms with Gasteiger partial charge in [-0.05, 0) is 66.1 Å². The van der Waals surface area contributed by atoms with Crippen LogP contribution in [0.3, 0.4) is 0 Å². The number of hydrogen-bond donors (Lipinski definition) is 2. The van der Waals surface area contributed by atoms with Crippen LogP contribution in [0.4, 0.5) is 5.69 Å². The van der Waals surface area contributed by atoms with E-state index in [1.165, 1.54) is 35.1 Å². The van der Waals surface area contributed by atoms with Gasteiger partial charge in [-0.25, -0.2) is 0 Å². The Bertz CT molecular complexity index is 725. The summed E-state index contributed by atoms with van der Waals surface area (Å²) in [7, 11) is 0. The lowest BCUT2D eigenvalue weighted by Crippen LogP contribution is -2.29. The molecule has 0 aromatic heterocycles. The number of rotatable bonds is 5. The van der Waals surface area contributed by atoms with E-state index in [0.717, 1.165) is 24.6 Å². The molecular formula is C19H21ClN2O. The average Bonchev–Trinajstić information content (AvgIpc) is 3.26. The number of fused-ring (bicyclic) bond motifs is 3. The van der Waals surface area contributed by atoms with Gasteiger partial charge in [0, 0.05) is 5.69 Å². The molecule has 3 nitrogen and oxygen atoms in total. The Balaban J connectivity index is 0.00000156. The van der Waals surface area contributed by atoms with E-state index in [-0.39, 0.29) is 18.3 Å². The van der Waals surface area contributed by atoms with Gasteiger partial charge < -0.3 is 10.6 Å². The minimum Gasteiger partial charge on any atom is -0.325 e. The van der Waals surface area contributed by atoms with Gasteiger partial charge in [0.25, 0.3) is 0 Å².